The molecule has 3 rings (SSSR count). The van der Waals surface area contributed by atoms with E-state index in [0.717, 1.165) is 5.56 Å². The van der Waals surface area contributed by atoms with Gasteiger partial charge in [-0.15, -0.1) is 0 Å². The van der Waals surface area contributed by atoms with Gasteiger partial charge in [-0.05, 0) is 41.8 Å². The quantitative estimate of drug-likeness (QED) is 0.563. The number of hydrazone groups is 1. The first-order valence-corrected chi connectivity index (χ1v) is 8.33. The molecule has 0 aliphatic carbocycles. The lowest BCUT2D eigenvalue weighted by Crippen LogP contribution is -2.41. The predicted octanol–water partition coefficient (Wildman–Crippen LogP) is 3.19. The zero-order valence-electron chi connectivity index (χ0n) is 13.0. The summed E-state index contributed by atoms with van der Waals surface area (Å²) in [4.78, 5) is 12.2. The van der Waals surface area contributed by atoms with Gasteiger partial charge in [-0.3, -0.25) is 4.79 Å². The fraction of sp³-hybridized carbons (Fsp3) is 0.176. The molecule has 2 atom stereocenters. The Hall–Kier alpha value is -1.99. The lowest BCUT2D eigenvalue weighted by atomic mass is 10.0. The summed E-state index contributed by atoms with van der Waals surface area (Å²) in [5.74, 6) is -0.593. The van der Waals surface area contributed by atoms with Crippen LogP contribution < -0.4 is 16.3 Å². The maximum atomic E-state index is 12.8. The van der Waals surface area contributed by atoms with Crippen molar-refractivity contribution in [2.75, 3.05) is 0 Å². The summed E-state index contributed by atoms with van der Waals surface area (Å²) in [6, 6.07) is 10.6. The molecular formula is C17H15Cl2FN4O. The molecule has 1 heterocycles. The van der Waals surface area contributed by atoms with E-state index >= 15 is 0 Å². The number of carbonyl (C=O) groups excluding carboxylic acids is 1. The van der Waals surface area contributed by atoms with Crippen LogP contribution in [0.25, 0.3) is 0 Å². The van der Waals surface area contributed by atoms with E-state index in [4.69, 9.17) is 23.2 Å². The molecule has 0 saturated carbocycles. The third kappa shape index (κ3) is 4.55. The van der Waals surface area contributed by atoms with Crippen LogP contribution in [0.4, 0.5) is 4.39 Å². The highest BCUT2D eigenvalue weighted by atomic mass is 35.5. The monoisotopic (exact) mass is 380 g/mol. The molecular weight excluding hydrogens is 366 g/mol. The van der Waals surface area contributed by atoms with Crippen molar-refractivity contribution in [2.24, 2.45) is 5.10 Å². The smallest absolute Gasteiger partial charge is 0.258 e. The Morgan fingerprint density at radius 2 is 1.92 bits per heavy atom. The molecule has 1 fully saturated rings. The molecule has 0 bridgehead atoms. The van der Waals surface area contributed by atoms with Crippen molar-refractivity contribution in [1.82, 2.24) is 16.3 Å². The summed E-state index contributed by atoms with van der Waals surface area (Å²) < 4.78 is 12.8. The van der Waals surface area contributed by atoms with Gasteiger partial charge in [-0.1, -0.05) is 41.4 Å². The summed E-state index contributed by atoms with van der Waals surface area (Å²) >= 11 is 11.9. The van der Waals surface area contributed by atoms with E-state index in [-0.39, 0.29) is 17.8 Å². The van der Waals surface area contributed by atoms with E-state index in [2.05, 4.69) is 21.4 Å². The van der Waals surface area contributed by atoms with E-state index in [1.165, 1.54) is 18.3 Å². The molecule has 2 aromatic carbocycles. The summed E-state index contributed by atoms with van der Waals surface area (Å²) in [7, 11) is 0. The van der Waals surface area contributed by atoms with Crippen molar-refractivity contribution < 1.29 is 9.18 Å². The van der Waals surface area contributed by atoms with Gasteiger partial charge < -0.3 is 0 Å². The van der Waals surface area contributed by atoms with Gasteiger partial charge in [0.25, 0.3) is 5.91 Å². The molecule has 25 heavy (non-hydrogen) atoms. The second-order valence-corrected chi connectivity index (χ2v) is 6.40. The highest BCUT2D eigenvalue weighted by Gasteiger charge is 2.30. The lowest BCUT2D eigenvalue weighted by molar-refractivity contribution is -0.122. The van der Waals surface area contributed by atoms with Crippen LogP contribution in [0.1, 0.15) is 23.6 Å². The number of halogens is 3. The number of nitrogens with zero attached hydrogens (tertiary/aromatic N) is 1. The minimum absolute atomic E-state index is 0.0633. The van der Waals surface area contributed by atoms with Crippen molar-refractivity contribution in [3.63, 3.8) is 0 Å². The van der Waals surface area contributed by atoms with Crippen molar-refractivity contribution >= 4 is 35.3 Å². The first-order valence-electron chi connectivity index (χ1n) is 7.57. The van der Waals surface area contributed by atoms with Crippen LogP contribution in [0.3, 0.4) is 0 Å². The van der Waals surface area contributed by atoms with Gasteiger partial charge in [-0.25, -0.2) is 20.7 Å². The Bertz CT molecular complexity index is 798. The van der Waals surface area contributed by atoms with Crippen molar-refractivity contribution in [3.8, 4) is 0 Å². The Labute approximate surface area is 154 Å². The highest BCUT2D eigenvalue weighted by molar-refractivity contribution is 6.42. The topological polar surface area (TPSA) is 65.5 Å². The number of hydrogen-bond donors (Lipinski definition) is 3. The number of carbonyl (C=O) groups is 1. The predicted molar refractivity (Wildman–Crippen MR) is 96.0 cm³/mol. The van der Waals surface area contributed by atoms with Crippen LogP contribution in [0.15, 0.2) is 47.6 Å². The van der Waals surface area contributed by atoms with Crippen molar-refractivity contribution in [1.29, 1.82) is 0 Å². The molecule has 2 aromatic rings. The lowest BCUT2D eigenvalue weighted by Gasteiger charge is -2.10. The summed E-state index contributed by atoms with van der Waals surface area (Å²) in [6.45, 7) is 0. The number of nitrogens with one attached hydrogen (secondary N) is 3. The van der Waals surface area contributed by atoms with Crippen molar-refractivity contribution in [2.45, 2.75) is 18.5 Å². The zero-order chi connectivity index (χ0) is 17.8. The van der Waals surface area contributed by atoms with E-state index in [1.807, 2.05) is 6.07 Å². The summed E-state index contributed by atoms with van der Waals surface area (Å²) in [6.07, 6.45) is 1.99. The summed E-state index contributed by atoms with van der Waals surface area (Å²) in [5.41, 5.74) is 10.1. The van der Waals surface area contributed by atoms with Gasteiger partial charge in [0.05, 0.1) is 16.3 Å². The molecule has 3 N–H and O–H groups in total. The Morgan fingerprint density at radius 3 is 2.64 bits per heavy atom. The highest BCUT2D eigenvalue weighted by Crippen LogP contribution is 2.28. The second-order valence-electron chi connectivity index (χ2n) is 5.59. The van der Waals surface area contributed by atoms with Crippen LogP contribution in [-0.2, 0) is 4.79 Å². The standard InChI is InChI=1S/C17H15Cl2FN4O/c18-13-6-3-11(7-14(13)19)15-8-16(23-22-15)17(25)24-21-9-10-1-4-12(20)5-2-10/h1-7,9,15-16,22-23H,8H2,(H,24,25)/b21-9+. The largest absolute Gasteiger partial charge is 0.271 e. The number of rotatable bonds is 4. The first-order chi connectivity index (χ1) is 12.0. The van der Waals surface area contributed by atoms with Gasteiger partial charge in [0.1, 0.15) is 11.9 Å². The third-order valence-electron chi connectivity index (χ3n) is 3.82. The van der Waals surface area contributed by atoms with Gasteiger partial charge in [-0.2, -0.15) is 5.10 Å². The van der Waals surface area contributed by atoms with Gasteiger partial charge >= 0.3 is 0 Å². The minimum Gasteiger partial charge on any atom is -0.271 e. The van der Waals surface area contributed by atoms with Crippen molar-refractivity contribution in [3.05, 3.63) is 69.5 Å². The maximum absolute atomic E-state index is 12.8. The van der Waals surface area contributed by atoms with E-state index < -0.39 is 6.04 Å². The number of amides is 1. The van der Waals surface area contributed by atoms with Gasteiger partial charge in [0.2, 0.25) is 0 Å². The second kappa shape index (κ2) is 7.93. The summed E-state index contributed by atoms with van der Waals surface area (Å²) in [5, 5.41) is 4.84. The van der Waals surface area contributed by atoms with Crippen LogP contribution in [0.2, 0.25) is 10.0 Å². The number of hydrazine groups is 1. The molecule has 0 spiro atoms. The first kappa shape index (κ1) is 17.8. The maximum Gasteiger partial charge on any atom is 0.258 e. The molecule has 8 heteroatoms. The SMILES string of the molecule is O=C(N/N=C/c1ccc(F)cc1)C1CC(c2ccc(Cl)c(Cl)c2)NN1. The van der Waals surface area contributed by atoms with E-state index in [0.29, 0.717) is 22.0 Å². The Morgan fingerprint density at radius 1 is 1.16 bits per heavy atom. The average molecular weight is 381 g/mol. The van der Waals surface area contributed by atoms with Gasteiger partial charge in [0, 0.05) is 6.04 Å². The number of benzene rings is 2. The molecule has 1 aliphatic rings. The molecule has 1 aliphatic heterocycles. The average Bonchev–Trinajstić information content (AvgIpc) is 3.09. The Balaban J connectivity index is 1.55. The molecule has 0 aromatic heterocycles. The third-order valence-corrected chi connectivity index (χ3v) is 4.56. The molecule has 0 radical (unpaired) electrons. The molecule has 1 amide bonds. The number of hydrogen-bond acceptors (Lipinski definition) is 4. The molecule has 5 nitrogen and oxygen atoms in total. The van der Waals surface area contributed by atoms with E-state index in [1.54, 1.807) is 24.3 Å². The minimum atomic E-state index is -0.440. The Kier molecular flexibility index (Phi) is 5.65. The zero-order valence-corrected chi connectivity index (χ0v) is 14.5. The van der Waals surface area contributed by atoms with Crippen LogP contribution in [0, 0.1) is 5.82 Å². The van der Waals surface area contributed by atoms with Crippen LogP contribution in [0.5, 0.6) is 0 Å². The molecule has 1 saturated heterocycles. The van der Waals surface area contributed by atoms with Crippen LogP contribution in [-0.4, -0.2) is 18.2 Å². The van der Waals surface area contributed by atoms with Gasteiger partial charge in [0.15, 0.2) is 0 Å². The molecule has 2 unspecified atom stereocenters. The normalized spacial score (nSPS) is 20.1. The molecule has 130 valence electrons. The fourth-order valence-electron chi connectivity index (χ4n) is 2.47. The fourth-order valence-corrected chi connectivity index (χ4v) is 2.78. The van der Waals surface area contributed by atoms with E-state index in [9.17, 15) is 9.18 Å². The van der Waals surface area contributed by atoms with Crippen LogP contribution >= 0.6 is 23.2 Å².